The third-order valence-electron chi connectivity index (χ3n) is 2.56. The van der Waals surface area contributed by atoms with Gasteiger partial charge < -0.3 is 14.9 Å². The Balaban J connectivity index is 2.21. The van der Waals surface area contributed by atoms with Crippen LogP contribution in [0, 0.1) is 0 Å². The summed E-state index contributed by atoms with van der Waals surface area (Å²) in [5.74, 6) is 0.568. The van der Waals surface area contributed by atoms with Gasteiger partial charge in [-0.05, 0) is 29.8 Å². The van der Waals surface area contributed by atoms with Crippen LogP contribution in [-0.2, 0) is 6.61 Å². The zero-order valence-electron chi connectivity index (χ0n) is 10.4. The van der Waals surface area contributed by atoms with Crippen LogP contribution in [0.5, 0.6) is 11.5 Å². The van der Waals surface area contributed by atoms with Crippen LogP contribution in [0.3, 0.4) is 0 Å². The van der Waals surface area contributed by atoms with Gasteiger partial charge in [0.1, 0.15) is 17.2 Å². The lowest BCUT2D eigenvalue weighted by Gasteiger charge is -2.03. The van der Waals surface area contributed by atoms with Crippen LogP contribution < -0.4 is 4.74 Å². The summed E-state index contributed by atoms with van der Waals surface area (Å²) >= 11 is 0. The van der Waals surface area contributed by atoms with Gasteiger partial charge in [-0.25, -0.2) is 0 Å². The lowest BCUT2D eigenvalue weighted by molar-refractivity contribution is 0.282. The van der Waals surface area contributed by atoms with Crippen molar-refractivity contribution in [3.63, 3.8) is 0 Å². The average molecular weight is 258 g/mol. The first-order chi connectivity index (χ1) is 9.22. The molecule has 0 aliphatic heterocycles. The Bertz CT molecular complexity index is 580. The lowest BCUT2D eigenvalue weighted by atomic mass is 10.2. The fourth-order valence-electron chi connectivity index (χ4n) is 1.53. The number of aromatic hydroxyl groups is 1. The van der Waals surface area contributed by atoms with E-state index in [1.54, 1.807) is 30.3 Å². The van der Waals surface area contributed by atoms with E-state index in [-0.39, 0.29) is 12.4 Å². The summed E-state index contributed by atoms with van der Waals surface area (Å²) in [5, 5.41) is 26.4. The van der Waals surface area contributed by atoms with Gasteiger partial charge in [-0.2, -0.15) is 5.11 Å². The fourth-order valence-corrected chi connectivity index (χ4v) is 1.53. The van der Waals surface area contributed by atoms with Gasteiger partial charge in [0.05, 0.1) is 19.4 Å². The molecule has 0 spiro atoms. The molecule has 0 aromatic heterocycles. The van der Waals surface area contributed by atoms with Gasteiger partial charge >= 0.3 is 0 Å². The number of benzene rings is 2. The maximum Gasteiger partial charge on any atom is 0.150 e. The number of rotatable bonds is 4. The Morgan fingerprint density at radius 3 is 2.42 bits per heavy atom. The van der Waals surface area contributed by atoms with Crippen LogP contribution in [-0.4, -0.2) is 17.3 Å². The van der Waals surface area contributed by atoms with E-state index in [1.807, 2.05) is 0 Å². The molecule has 0 heterocycles. The van der Waals surface area contributed by atoms with Gasteiger partial charge in [0.15, 0.2) is 0 Å². The standard InChI is InChI=1S/C14H14N2O3/c1-19-14-8-12(18)6-7-13(14)16-15-11-4-2-10(9-17)3-5-11/h2-8,17-18H,9H2,1H3/b16-15+. The van der Waals surface area contributed by atoms with E-state index in [0.29, 0.717) is 17.1 Å². The molecule has 0 amide bonds. The highest BCUT2D eigenvalue weighted by Crippen LogP contribution is 2.32. The minimum Gasteiger partial charge on any atom is -0.508 e. The third kappa shape index (κ3) is 3.29. The van der Waals surface area contributed by atoms with Crippen LogP contribution >= 0.6 is 0 Å². The summed E-state index contributed by atoms with van der Waals surface area (Å²) in [5.41, 5.74) is 2.03. The highest BCUT2D eigenvalue weighted by Gasteiger charge is 2.02. The fraction of sp³-hybridized carbons (Fsp3) is 0.143. The molecule has 0 saturated heterocycles. The van der Waals surface area contributed by atoms with Gasteiger partial charge in [0.25, 0.3) is 0 Å². The van der Waals surface area contributed by atoms with Crippen LogP contribution in [0.15, 0.2) is 52.7 Å². The van der Waals surface area contributed by atoms with Gasteiger partial charge in [-0.15, -0.1) is 5.11 Å². The molecule has 0 aliphatic rings. The maximum absolute atomic E-state index is 9.34. The number of phenols is 1. The molecule has 19 heavy (non-hydrogen) atoms. The molecule has 0 aliphatic carbocycles. The van der Waals surface area contributed by atoms with Gasteiger partial charge in [-0.3, -0.25) is 0 Å². The second kappa shape index (κ2) is 5.97. The predicted molar refractivity (Wildman–Crippen MR) is 71.2 cm³/mol. The predicted octanol–water partition coefficient (Wildman–Crippen LogP) is 3.31. The van der Waals surface area contributed by atoms with E-state index in [2.05, 4.69) is 10.2 Å². The summed E-state index contributed by atoms with van der Waals surface area (Å²) in [4.78, 5) is 0. The van der Waals surface area contributed by atoms with Crippen molar-refractivity contribution in [2.45, 2.75) is 6.61 Å². The number of phenolic OH excluding ortho intramolecular Hbond substituents is 1. The molecule has 2 rings (SSSR count). The Hall–Kier alpha value is -2.40. The molecular formula is C14H14N2O3. The molecule has 0 radical (unpaired) electrons. The molecule has 98 valence electrons. The first kappa shape index (κ1) is 13.0. The van der Waals surface area contributed by atoms with Gasteiger partial charge in [-0.1, -0.05) is 12.1 Å². The summed E-state index contributed by atoms with van der Waals surface area (Å²) in [6, 6.07) is 11.7. The van der Waals surface area contributed by atoms with E-state index < -0.39 is 0 Å². The molecule has 2 aromatic carbocycles. The number of hydrogen-bond donors (Lipinski definition) is 2. The van der Waals surface area contributed by atoms with Crippen LogP contribution in [0.25, 0.3) is 0 Å². The molecule has 5 heteroatoms. The molecule has 0 bridgehead atoms. The first-order valence-electron chi connectivity index (χ1n) is 5.71. The maximum atomic E-state index is 9.34. The monoisotopic (exact) mass is 258 g/mol. The molecule has 2 aromatic rings. The van der Waals surface area contributed by atoms with Crippen LogP contribution in [0.2, 0.25) is 0 Å². The van der Waals surface area contributed by atoms with Crippen molar-refractivity contribution >= 4 is 11.4 Å². The van der Waals surface area contributed by atoms with Crippen molar-refractivity contribution in [2.24, 2.45) is 10.2 Å². The van der Waals surface area contributed by atoms with E-state index in [1.165, 1.54) is 19.2 Å². The molecule has 5 nitrogen and oxygen atoms in total. The number of ether oxygens (including phenoxy) is 1. The van der Waals surface area contributed by atoms with E-state index in [4.69, 9.17) is 9.84 Å². The molecular weight excluding hydrogens is 244 g/mol. The average Bonchev–Trinajstić information content (AvgIpc) is 2.46. The van der Waals surface area contributed by atoms with Crippen molar-refractivity contribution in [3.05, 3.63) is 48.0 Å². The normalized spacial score (nSPS) is 10.8. The van der Waals surface area contributed by atoms with E-state index in [9.17, 15) is 5.11 Å². The topological polar surface area (TPSA) is 74.4 Å². The smallest absolute Gasteiger partial charge is 0.150 e. The third-order valence-corrected chi connectivity index (χ3v) is 2.56. The number of aliphatic hydroxyl groups is 1. The van der Waals surface area contributed by atoms with E-state index >= 15 is 0 Å². The second-order valence-electron chi connectivity index (χ2n) is 3.88. The van der Waals surface area contributed by atoms with Gasteiger partial charge in [0.2, 0.25) is 0 Å². The lowest BCUT2D eigenvalue weighted by Crippen LogP contribution is -1.82. The number of azo groups is 1. The SMILES string of the molecule is COc1cc(O)ccc1/N=N/c1ccc(CO)cc1. The number of hydrogen-bond acceptors (Lipinski definition) is 5. The number of methoxy groups -OCH3 is 1. The van der Waals surface area contributed by atoms with Crippen LogP contribution in [0.4, 0.5) is 11.4 Å². The highest BCUT2D eigenvalue weighted by molar-refractivity contribution is 5.54. The Labute approximate surface area is 110 Å². The first-order valence-corrected chi connectivity index (χ1v) is 5.71. The zero-order chi connectivity index (χ0) is 13.7. The highest BCUT2D eigenvalue weighted by atomic mass is 16.5. The molecule has 2 N–H and O–H groups in total. The number of nitrogens with zero attached hydrogens (tertiary/aromatic N) is 2. The summed E-state index contributed by atoms with van der Waals surface area (Å²) in [6.07, 6.45) is 0. The summed E-state index contributed by atoms with van der Waals surface area (Å²) in [7, 11) is 1.50. The minimum absolute atomic E-state index is 0.00318. The molecule has 0 atom stereocenters. The quantitative estimate of drug-likeness (QED) is 0.826. The Morgan fingerprint density at radius 1 is 1.05 bits per heavy atom. The largest absolute Gasteiger partial charge is 0.508 e. The van der Waals surface area contributed by atoms with Crippen molar-refractivity contribution in [1.82, 2.24) is 0 Å². The molecule has 0 fully saturated rings. The summed E-state index contributed by atoms with van der Waals surface area (Å²) in [6.45, 7) is 0.00318. The Morgan fingerprint density at radius 2 is 1.79 bits per heavy atom. The molecule has 0 saturated carbocycles. The van der Waals surface area contributed by atoms with E-state index in [0.717, 1.165) is 5.56 Å². The van der Waals surface area contributed by atoms with Crippen LogP contribution in [0.1, 0.15) is 5.56 Å². The van der Waals surface area contributed by atoms with Gasteiger partial charge in [0, 0.05) is 6.07 Å². The van der Waals surface area contributed by atoms with Crippen molar-refractivity contribution < 1.29 is 14.9 Å². The minimum atomic E-state index is 0.00318. The second-order valence-corrected chi connectivity index (χ2v) is 3.88. The number of aliphatic hydroxyl groups excluding tert-OH is 1. The Kier molecular flexibility index (Phi) is 4.10. The van der Waals surface area contributed by atoms with Crippen molar-refractivity contribution in [2.75, 3.05) is 7.11 Å². The van der Waals surface area contributed by atoms with Crippen molar-refractivity contribution in [1.29, 1.82) is 0 Å². The summed E-state index contributed by atoms with van der Waals surface area (Å²) < 4.78 is 5.10. The zero-order valence-corrected chi connectivity index (χ0v) is 10.4. The van der Waals surface area contributed by atoms with Crippen molar-refractivity contribution in [3.8, 4) is 11.5 Å². The molecule has 0 unspecified atom stereocenters.